The Morgan fingerprint density at radius 3 is 2.41 bits per heavy atom. The Kier molecular flexibility index (Phi) is 6.76. The molecular weight excluding hydrogens is 484 g/mol. The Hall–Kier alpha value is -4.58. The van der Waals surface area contributed by atoms with E-state index in [9.17, 15) is 4.79 Å². The number of aromatic nitrogens is 1. The zero-order chi connectivity index (χ0) is 26.8. The molecule has 1 aromatic heterocycles. The molecule has 1 saturated carbocycles. The second-order valence-electron chi connectivity index (χ2n) is 10.3. The standard InChI is InChI=1S/C33H32N4O2/c34-32(35)23-16-15-22-19-30(33(38)36-25-9-3-1-4-10-25)37(29(22)20-23)21-24-17-18-31(28-14-8-7-13-27(24)28)39-26-11-5-2-6-12-26/h2,5-8,11-20,25H,1,3-4,9-10,21H2,(H3,34,35)(H,36,38). The Morgan fingerprint density at radius 1 is 0.897 bits per heavy atom. The molecule has 1 amide bonds. The van der Waals surface area contributed by atoms with E-state index in [2.05, 4.69) is 28.1 Å². The third-order valence-corrected chi connectivity index (χ3v) is 7.66. The van der Waals surface area contributed by atoms with Crippen LogP contribution in [0.2, 0.25) is 0 Å². The monoisotopic (exact) mass is 516 g/mol. The summed E-state index contributed by atoms with van der Waals surface area (Å²) in [6.45, 7) is 0.490. The maximum Gasteiger partial charge on any atom is 0.268 e. The first-order chi connectivity index (χ1) is 19.1. The fourth-order valence-corrected chi connectivity index (χ4v) is 5.63. The molecule has 6 nitrogen and oxygen atoms in total. The minimum absolute atomic E-state index is 0.00530. The van der Waals surface area contributed by atoms with Gasteiger partial charge in [0.1, 0.15) is 23.0 Å². The van der Waals surface area contributed by atoms with Gasteiger partial charge in [-0.1, -0.05) is 79.9 Å². The lowest BCUT2D eigenvalue weighted by Crippen LogP contribution is -2.37. The lowest BCUT2D eigenvalue weighted by molar-refractivity contribution is 0.0919. The summed E-state index contributed by atoms with van der Waals surface area (Å²) in [5.41, 5.74) is 9.04. The maximum absolute atomic E-state index is 13.6. The van der Waals surface area contributed by atoms with Crippen molar-refractivity contribution in [1.29, 1.82) is 5.41 Å². The van der Waals surface area contributed by atoms with Crippen molar-refractivity contribution in [1.82, 2.24) is 9.88 Å². The van der Waals surface area contributed by atoms with Crippen LogP contribution in [0.25, 0.3) is 21.7 Å². The molecule has 4 aromatic carbocycles. The van der Waals surface area contributed by atoms with Crippen LogP contribution in [0.4, 0.5) is 0 Å². The quantitative estimate of drug-likeness (QED) is 0.161. The SMILES string of the molecule is N=C(N)c1ccc2cc(C(=O)NC3CCCCC3)n(Cc3ccc(Oc4ccccc4)c4ccccc34)c2c1. The van der Waals surface area contributed by atoms with Gasteiger partial charge in [-0.15, -0.1) is 0 Å². The number of rotatable bonds is 7. The van der Waals surface area contributed by atoms with Crippen LogP contribution in [0, 0.1) is 5.41 Å². The Labute approximate surface area is 227 Å². The summed E-state index contributed by atoms with van der Waals surface area (Å²) in [5, 5.41) is 14.3. The lowest BCUT2D eigenvalue weighted by atomic mass is 9.95. The zero-order valence-electron chi connectivity index (χ0n) is 21.8. The van der Waals surface area contributed by atoms with Gasteiger partial charge >= 0.3 is 0 Å². The van der Waals surface area contributed by atoms with E-state index in [0.717, 1.165) is 64.4 Å². The number of nitrogens with zero attached hydrogens (tertiary/aromatic N) is 1. The van der Waals surface area contributed by atoms with Gasteiger partial charge in [-0.05, 0) is 54.1 Å². The molecule has 6 heteroatoms. The van der Waals surface area contributed by atoms with Crippen molar-refractivity contribution >= 4 is 33.4 Å². The van der Waals surface area contributed by atoms with Crippen molar-refractivity contribution in [2.24, 2.45) is 5.73 Å². The molecule has 0 unspecified atom stereocenters. The highest BCUT2D eigenvalue weighted by Gasteiger charge is 2.22. The predicted octanol–water partition coefficient (Wildman–Crippen LogP) is 6.98. The Morgan fingerprint density at radius 2 is 1.64 bits per heavy atom. The number of carbonyl (C=O) groups is 1. The van der Waals surface area contributed by atoms with Crippen molar-refractivity contribution < 1.29 is 9.53 Å². The second-order valence-corrected chi connectivity index (χ2v) is 10.3. The van der Waals surface area contributed by atoms with E-state index in [1.165, 1.54) is 6.42 Å². The molecular formula is C33H32N4O2. The number of para-hydroxylation sites is 1. The number of hydrogen-bond acceptors (Lipinski definition) is 3. The molecule has 0 bridgehead atoms. The number of nitrogens with one attached hydrogen (secondary N) is 2. The Balaban J connectivity index is 1.42. The van der Waals surface area contributed by atoms with Gasteiger partial charge in [0, 0.05) is 34.4 Å². The second kappa shape index (κ2) is 10.7. The van der Waals surface area contributed by atoms with E-state index in [-0.39, 0.29) is 17.8 Å². The molecule has 0 saturated heterocycles. The molecule has 1 fully saturated rings. The molecule has 0 radical (unpaired) electrons. The first-order valence-electron chi connectivity index (χ1n) is 13.6. The van der Waals surface area contributed by atoms with Crippen LogP contribution >= 0.6 is 0 Å². The smallest absolute Gasteiger partial charge is 0.268 e. The van der Waals surface area contributed by atoms with Gasteiger partial charge in [0.2, 0.25) is 0 Å². The van der Waals surface area contributed by atoms with Crippen LogP contribution in [-0.4, -0.2) is 22.4 Å². The van der Waals surface area contributed by atoms with Crippen molar-refractivity contribution in [2.75, 3.05) is 0 Å². The average molecular weight is 517 g/mol. The molecule has 1 aliphatic carbocycles. The summed E-state index contributed by atoms with van der Waals surface area (Å²) in [4.78, 5) is 13.6. The minimum atomic E-state index is -0.0594. The highest BCUT2D eigenvalue weighted by atomic mass is 16.5. The summed E-state index contributed by atoms with van der Waals surface area (Å²) in [6, 6.07) is 29.9. The van der Waals surface area contributed by atoms with Gasteiger partial charge in [0.05, 0.1) is 0 Å². The van der Waals surface area contributed by atoms with Crippen molar-refractivity contribution in [3.63, 3.8) is 0 Å². The lowest BCUT2D eigenvalue weighted by Gasteiger charge is -2.23. The number of ether oxygens (including phenoxy) is 1. The summed E-state index contributed by atoms with van der Waals surface area (Å²) in [7, 11) is 0. The van der Waals surface area contributed by atoms with Gasteiger partial charge in [-0.2, -0.15) is 0 Å². The van der Waals surface area contributed by atoms with Crippen LogP contribution in [0.3, 0.4) is 0 Å². The molecule has 1 aliphatic rings. The van der Waals surface area contributed by atoms with Gasteiger partial charge < -0.3 is 20.4 Å². The molecule has 1 heterocycles. The van der Waals surface area contributed by atoms with Crippen molar-refractivity contribution in [3.05, 3.63) is 108 Å². The Bertz CT molecular complexity index is 1670. The first kappa shape index (κ1) is 24.7. The third kappa shape index (κ3) is 5.10. The van der Waals surface area contributed by atoms with Crippen molar-refractivity contribution in [2.45, 2.75) is 44.7 Å². The molecule has 0 atom stereocenters. The van der Waals surface area contributed by atoms with Gasteiger partial charge in [0.15, 0.2) is 0 Å². The number of carbonyl (C=O) groups excluding carboxylic acids is 1. The van der Waals surface area contributed by atoms with Crippen LogP contribution < -0.4 is 15.8 Å². The van der Waals surface area contributed by atoms with Crippen LogP contribution in [-0.2, 0) is 6.54 Å². The first-order valence-corrected chi connectivity index (χ1v) is 13.6. The summed E-state index contributed by atoms with van der Waals surface area (Å²) in [5.74, 6) is 1.51. The van der Waals surface area contributed by atoms with Gasteiger partial charge in [0.25, 0.3) is 5.91 Å². The number of benzene rings is 4. The number of amides is 1. The molecule has 4 N–H and O–H groups in total. The molecule has 6 rings (SSSR count). The summed E-state index contributed by atoms with van der Waals surface area (Å²) < 4.78 is 8.29. The average Bonchev–Trinajstić information content (AvgIpc) is 3.33. The maximum atomic E-state index is 13.6. The number of nitrogen functional groups attached to an aromatic ring is 1. The number of amidine groups is 1. The molecule has 0 aliphatic heterocycles. The molecule has 196 valence electrons. The largest absolute Gasteiger partial charge is 0.457 e. The van der Waals surface area contributed by atoms with E-state index >= 15 is 0 Å². The van der Waals surface area contributed by atoms with E-state index in [4.69, 9.17) is 15.9 Å². The van der Waals surface area contributed by atoms with Gasteiger partial charge in [-0.25, -0.2) is 0 Å². The fraction of sp³-hybridized carbons (Fsp3) is 0.212. The number of nitrogens with two attached hydrogens (primary N) is 1. The third-order valence-electron chi connectivity index (χ3n) is 7.66. The summed E-state index contributed by atoms with van der Waals surface area (Å²) in [6.07, 6.45) is 5.58. The van der Waals surface area contributed by atoms with Crippen LogP contribution in [0.1, 0.15) is 53.7 Å². The fourth-order valence-electron chi connectivity index (χ4n) is 5.63. The topological polar surface area (TPSA) is 93.1 Å². The summed E-state index contributed by atoms with van der Waals surface area (Å²) >= 11 is 0. The zero-order valence-corrected chi connectivity index (χ0v) is 21.8. The highest BCUT2D eigenvalue weighted by Crippen LogP contribution is 2.33. The number of hydrogen-bond donors (Lipinski definition) is 3. The van der Waals surface area contributed by atoms with E-state index < -0.39 is 0 Å². The number of fused-ring (bicyclic) bond motifs is 2. The molecule has 0 spiro atoms. The van der Waals surface area contributed by atoms with E-state index in [1.54, 1.807) is 0 Å². The van der Waals surface area contributed by atoms with Crippen LogP contribution in [0.5, 0.6) is 11.5 Å². The molecule has 5 aromatic rings. The highest BCUT2D eigenvalue weighted by molar-refractivity contribution is 6.02. The predicted molar refractivity (Wildman–Crippen MR) is 157 cm³/mol. The van der Waals surface area contributed by atoms with Gasteiger partial charge in [-0.3, -0.25) is 10.2 Å². The van der Waals surface area contributed by atoms with Crippen LogP contribution in [0.15, 0.2) is 91.0 Å². The molecule has 39 heavy (non-hydrogen) atoms. The van der Waals surface area contributed by atoms with Crippen molar-refractivity contribution in [3.8, 4) is 11.5 Å². The normalized spacial score (nSPS) is 13.9. The minimum Gasteiger partial charge on any atom is -0.457 e. The van der Waals surface area contributed by atoms with E-state index in [1.807, 2.05) is 72.8 Å². The van der Waals surface area contributed by atoms with E-state index in [0.29, 0.717) is 17.8 Å².